The van der Waals surface area contributed by atoms with Gasteiger partial charge < -0.3 is 0 Å². The van der Waals surface area contributed by atoms with Crippen LogP contribution in [0.3, 0.4) is 0 Å². The van der Waals surface area contributed by atoms with Gasteiger partial charge in [0.15, 0.2) is 0 Å². The summed E-state index contributed by atoms with van der Waals surface area (Å²) in [5.74, 6) is -1.87. The topological polar surface area (TPSA) is 151 Å². The minimum Gasteiger partial charge on any atom is -0.276 e. The predicted molar refractivity (Wildman–Crippen MR) is 121 cm³/mol. The molecule has 0 unspecified atom stereocenters. The van der Waals surface area contributed by atoms with Crippen LogP contribution in [0.25, 0.3) is 0 Å². The molecule has 4 N–H and O–H groups in total. The van der Waals surface area contributed by atoms with E-state index in [-0.39, 0.29) is 22.2 Å². The molecule has 0 fully saturated rings. The maximum absolute atomic E-state index is 12.3. The zero-order valence-electron chi connectivity index (χ0n) is 15.7. The van der Waals surface area contributed by atoms with Crippen molar-refractivity contribution in [3.05, 3.63) is 84.6 Å². The second kappa shape index (κ2) is 10.2. The average Bonchev–Trinajstić information content (AvgIpc) is 2.76. The summed E-state index contributed by atoms with van der Waals surface area (Å²) in [4.78, 5) is 42.9. The fourth-order valence-electron chi connectivity index (χ4n) is 2.38. The van der Waals surface area contributed by atoms with Crippen molar-refractivity contribution in [2.75, 3.05) is 10.9 Å². The summed E-state index contributed by atoms with van der Waals surface area (Å²) in [5.41, 5.74) is 9.10. The number of nitrogens with zero attached hydrogens (tertiary/aromatic N) is 3. The van der Waals surface area contributed by atoms with Crippen molar-refractivity contribution in [2.24, 2.45) is 0 Å². The Hall–Kier alpha value is -3.48. The van der Waals surface area contributed by atoms with Gasteiger partial charge in [-0.05, 0) is 42.5 Å². The Morgan fingerprint density at radius 1 is 0.938 bits per heavy atom. The molecule has 1 heterocycles. The fourth-order valence-corrected chi connectivity index (χ4v) is 3.14. The number of rotatable bonds is 7. The molecule has 0 spiro atoms. The number of carbonyl (C=O) groups is 2. The highest BCUT2D eigenvalue weighted by atomic mass is 79.9. The minimum absolute atomic E-state index is 0.0837. The van der Waals surface area contributed by atoms with Crippen molar-refractivity contribution in [1.82, 2.24) is 20.8 Å². The zero-order valence-corrected chi connectivity index (χ0v) is 18.8. The number of anilines is 2. The molecule has 2 aromatic carbocycles. The first-order chi connectivity index (χ1) is 15.3. The van der Waals surface area contributed by atoms with Crippen molar-refractivity contribution >= 4 is 68.3 Å². The van der Waals surface area contributed by atoms with E-state index in [9.17, 15) is 19.7 Å². The van der Waals surface area contributed by atoms with Crippen LogP contribution in [0.2, 0.25) is 10.0 Å². The lowest BCUT2D eigenvalue weighted by Crippen LogP contribution is -2.32. The largest absolute Gasteiger partial charge is 0.356 e. The van der Waals surface area contributed by atoms with Crippen molar-refractivity contribution in [1.29, 1.82) is 0 Å². The van der Waals surface area contributed by atoms with Crippen LogP contribution in [0.1, 0.15) is 20.7 Å². The van der Waals surface area contributed by atoms with E-state index in [1.807, 2.05) is 0 Å². The third kappa shape index (κ3) is 5.60. The summed E-state index contributed by atoms with van der Waals surface area (Å²) in [5, 5.41) is 12.0. The van der Waals surface area contributed by atoms with Gasteiger partial charge in [0.2, 0.25) is 11.6 Å². The van der Waals surface area contributed by atoms with Gasteiger partial charge in [-0.15, -0.1) is 0 Å². The Balaban J connectivity index is 1.74. The fraction of sp³-hybridized carbons (Fsp3) is 0. The minimum atomic E-state index is -0.780. The molecule has 0 aliphatic rings. The van der Waals surface area contributed by atoms with Crippen molar-refractivity contribution in [3.63, 3.8) is 0 Å². The van der Waals surface area contributed by atoms with Crippen molar-refractivity contribution < 1.29 is 14.5 Å². The number of carbonyl (C=O) groups excluding carboxylic acids is 2. The van der Waals surface area contributed by atoms with Crippen LogP contribution in [0, 0.1) is 10.1 Å². The number of nitro groups is 1. The van der Waals surface area contributed by atoms with E-state index in [4.69, 9.17) is 23.2 Å². The number of aromatic nitrogens is 2. The summed E-state index contributed by atoms with van der Waals surface area (Å²) in [6.45, 7) is 0. The smallest absolute Gasteiger partial charge is 0.276 e. The van der Waals surface area contributed by atoms with Crippen molar-refractivity contribution in [2.45, 2.75) is 0 Å². The second-order valence-corrected chi connectivity index (χ2v) is 7.73. The molecule has 0 atom stereocenters. The van der Waals surface area contributed by atoms with Gasteiger partial charge in [-0.25, -0.2) is 9.97 Å². The van der Waals surface area contributed by atoms with Crippen LogP contribution >= 0.6 is 39.1 Å². The average molecular weight is 541 g/mol. The SMILES string of the molecule is O=C(NNc1ncnc(NNC(=O)c2ccc(Cl)cc2Cl)c1[N+](=O)[O-])c1ccc(Br)cc1. The van der Waals surface area contributed by atoms with Crippen LogP contribution in [0.5, 0.6) is 0 Å². The normalized spacial score (nSPS) is 10.2. The number of benzene rings is 2. The van der Waals surface area contributed by atoms with Gasteiger partial charge in [0, 0.05) is 15.1 Å². The van der Waals surface area contributed by atoms with E-state index >= 15 is 0 Å². The molecule has 0 aliphatic carbocycles. The molecule has 2 amide bonds. The number of hydrogen-bond donors (Lipinski definition) is 4. The Morgan fingerprint density at radius 2 is 1.53 bits per heavy atom. The zero-order chi connectivity index (χ0) is 23.3. The highest BCUT2D eigenvalue weighted by Gasteiger charge is 2.24. The first kappa shape index (κ1) is 23.2. The highest BCUT2D eigenvalue weighted by molar-refractivity contribution is 9.10. The van der Waals surface area contributed by atoms with Gasteiger partial charge in [-0.1, -0.05) is 39.1 Å². The molecule has 3 aromatic rings. The Bertz CT molecular complexity index is 1190. The molecule has 11 nitrogen and oxygen atoms in total. The van der Waals surface area contributed by atoms with Crippen molar-refractivity contribution in [3.8, 4) is 0 Å². The molecule has 1 aromatic heterocycles. The van der Waals surface area contributed by atoms with E-state index in [0.717, 1.165) is 10.8 Å². The Kier molecular flexibility index (Phi) is 7.41. The molecule has 0 radical (unpaired) electrons. The number of nitrogens with one attached hydrogen (secondary N) is 4. The second-order valence-electron chi connectivity index (χ2n) is 5.97. The molecular weight excluding hydrogens is 529 g/mol. The third-order valence-electron chi connectivity index (χ3n) is 3.88. The van der Waals surface area contributed by atoms with Crippen LogP contribution in [0.4, 0.5) is 17.3 Å². The van der Waals surface area contributed by atoms with Gasteiger partial charge >= 0.3 is 5.69 Å². The summed E-state index contributed by atoms with van der Waals surface area (Å²) in [6.07, 6.45) is 1.00. The van der Waals surface area contributed by atoms with Gasteiger partial charge in [-0.2, -0.15) is 0 Å². The molecular formula is C18H12BrCl2N7O4. The molecule has 0 saturated carbocycles. The third-order valence-corrected chi connectivity index (χ3v) is 4.95. The van der Waals surface area contributed by atoms with Crippen LogP contribution in [-0.2, 0) is 0 Å². The maximum Gasteiger partial charge on any atom is 0.356 e. The molecule has 164 valence electrons. The molecule has 0 aliphatic heterocycles. The van der Waals surface area contributed by atoms with Crippen LogP contribution in [-0.4, -0.2) is 26.7 Å². The monoisotopic (exact) mass is 539 g/mol. The highest BCUT2D eigenvalue weighted by Crippen LogP contribution is 2.28. The van der Waals surface area contributed by atoms with Gasteiger partial charge in [-0.3, -0.25) is 41.4 Å². The summed E-state index contributed by atoms with van der Waals surface area (Å²) < 4.78 is 0.783. The van der Waals surface area contributed by atoms with E-state index in [1.54, 1.807) is 24.3 Å². The van der Waals surface area contributed by atoms with E-state index in [2.05, 4.69) is 47.6 Å². The Labute approximate surface area is 198 Å². The first-order valence-corrected chi connectivity index (χ1v) is 10.1. The van der Waals surface area contributed by atoms with E-state index in [1.165, 1.54) is 18.2 Å². The summed E-state index contributed by atoms with van der Waals surface area (Å²) in [7, 11) is 0. The number of hydrogen-bond acceptors (Lipinski definition) is 8. The lowest BCUT2D eigenvalue weighted by Gasteiger charge is -2.12. The van der Waals surface area contributed by atoms with E-state index < -0.39 is 22.4 Å². The quantitative estimate of drug-likeness (QED) is 0.259. The van der Waals surface area contributed by atoms with Crippen LogP contribution in [0.15, 0.2) is 53.3 Å². The summed E-state index contributed by atoms with van der Waals surface area (Å²) >= 11 is 15.0. The van der Waals surface area contributed by atoms with E-state index in [0.29, 0.717) is 10.6 Å². The number of amides is 2. The predicted octanol–water partition coefficient (Wildman–Crippen LogP) is 3.97. The van der Waals surface area contributed by atoms with Gasteiger partial charge in [0.1, 0.15) is 6.33 Å². The molecule has 14 heteroatoms. The number of halogens is 3. The van der Waals surface area contributed by atoms with Gasteiger partial charge in [0.05, 0.1) is 15.5 Å². The lowest BCUT2D eigenvalue weighted by molar-refractivity contribution is -0.383. The molecule has 0 saturated heterocycles. The summed E-state index contributed by atoms with van der Waals surface area (Å²) in [6, 6.07) is 10.7. The maximum atomic E-state index is 12.3. The first-order valence-electron chi connectivity index (χ1n) is 8.59. The van der Waals surface area contributed by atoms with Gasteiger partial charge in [0.25, 0.3) is 11.8 Å². The Morgan fingerprint density at radius 3 is 2.09 bits per heavy atom. The lowest BCUT2D eigenvalue weighted by atomic mass is 10.2. The number of hydrazine groups is 2. The molecule has 32 heavy (non-hydrogen) atoms. The van der Waals surface area contributed by atoms with Crippen LogP contribution < -0.4 is 21.7 Å². The molecule has 0 bridgehead atoms. The standard InChI is InChI=1S/C18H12BrCl2N7O4/c19-10-3-1-9(2-4-10)17(29)26-24-15-14(28(31)32)16(23-8-22-15)25-27-18(30)12-6-5-11(20)7-13(12)21/h1-8H,(H,26,29)(H,27,30)(H2,22,23,24,25). The molecule has 3 rings (SSSR count).